The molecule has 1 rings (SSSR count). The Balaban J connectivity index is 2.37. The molecule has 0 radical (unpaired) electrons. The van der Waals surface area contributed by atoms with Crippen LogP contribution in [0.5, 0.6) is 0 Å². The molecule has 8 nitrogen and oxygen atoms in total. The SMILES string of the molecule is C[C@H]1[C@H](NC(=O)OC(C)(C)C)C(=O)N1OCC(=O)OCCCl. The van der Waals surface area contributed by atoms with E-state index in [9.17, 15) is 14.4 Å². The number of halogens is 1. The lowest BCUT2D eigenvalue weighted by atomic mass is 10.0. The quantitative estimate of drug-likeness (QED) is 0.438. The average molecular weight is 337 g/mol. The van der Waals surface area contributed by atoms with Crippen molar-refractivity contribution in [3.8, 4) is 0 Å². The number of alkyl carbamates (subject to hydrolysis) is 1. The fourth-order valence-corrected chi connectivity index (χ4v) is 1.79. The van der Waals surface area contributed by atoms with Crippen molar-refractivity contribution >= 4 is 29.6 Å². The van der Waals surface area contributed by atoms with Crippen LogP contribution in [0.15, 0.2) is 0 Å². The molecule has 0 aromatic carbocycles. The molecule has 1 aliphatic rings. The number of alkyl halides is 1. The Labute approximate surface area is 134 Å². The zero-order chi connectivity index (χ0) is 16.9. The third-order valence-corrected chi connectivity index (χ3v) is 2.82. The Kier molecular flexibility index (Phi) is 6.43. The Morgan fingerprint density at radius 1 is 1.36 bits per heavy atom. The van der Waals surface area contributed by atoms with Gasteiger partial charge in [0.15, 0.2) is 6.61 Å². The number of carbonyl (C=O) groups is 3. The molecule has 1 heterocycles. The molecule has 1 fully saturated rings. The summed E-state index contributed by atoms with van der Waals surface area (Å²) in [6.07, 6.45) is -0.682. The molecule has 2 amide bonds. The van der Waals surface area contributed by atoms with E-state index >= 15 is 0 Å². The van der Waals surface area contributed by atoms with Crippen molar-refractivity contribution in [2.75, 3.05) is 19.1 Å². The molecule has 0 spiro atoms. The van der Waals surface area contributed by atoms with Crippen molar-refractivity contribution in [2.24, 2.45) is 0 Å². The third kappa shape index (κ3) is 5.34. The Bertz CT molecular complexity index is 437. The van der Waals surface area contributed by atoms with Gasteiger partial charge in [-0.15, -0.1) is 11.6 Å². The van der Waals surface area contributed by atoms with Gasteiger partial charge in [-0.25, -0.2) is 14.7 Å². The highest BCUT2D eigenvalue weighted by molar-refractivity contribution is 6.18. The normalized spacial score (nSPS) is 21.1. The maximum atomic E-state index is 11.9. The van der Waals surface area contributed by atoms with Crippen LogP contribution in [0.3, 0.4) is 0 Å². The van der Waals surface area contributed by atoms with E-state index in [1.165, 1.54) is 0 Å². The van der Waals surface area contributed by atoms with E-state index in [4.69, 9.17) is 25.9 Å². The molecule has 2 atom stereocenters. The summed E-state index contributed by atoms with van der Waals surface area (Å²) in [5.74, 6) is -0.889. The second kappa shape index (κ2) is 7.64. The van der Waals surface area contributed by atoms with Gasteiger partial charge in [0.1, 0.15) is 18.2 Å². The number of amides is 2. The topological polar surface area (TPSA) is 94.2 Å². The van der Waals surface area contributed by atoms with Crippen molar-refractivity contribution in [3.05, 3.63) is 0 Å². The fraction of sp³-hybridized carbons (Fsp3) is 0.769. The van der Waals surface area contributed by atoms with Crippen LogP contribution in [0.25, 0.3) is 0 Å². The summed E-state index contributed by atoms with van der Waals surface area (Å²) in [7, 11) is 0. The van der Waals surface area contributed by atoms with Crippen LogP contribution in [0.1, 0.15) is 27.7 Å². The van der Waals surface area contributed by atoms with E-state index in [0.29, 0.717) is 0 Å². The predicted octanol–water partition coefficient (Wildman–Crippen LogP) is 0.824. The van der Waals surface area contributed by atoms with Gasteiger partial charge in [0.25, 0.3) is 5.91 Å². The minimum Gasteiger partial charge on any atom is -0.463 e. The number of ether oxygens (including phenoxy) is 2. The standard InChI is InChI=1S/C13H21ClN2O6/c1-8-10(15-12(19)22-13(2,3)4)11(18)16(8)21-7-9(17)20-6-5-14/h8,10H,5-7H2,1-4H3,(H,15,19)/t8-,10-/m0/s1. The lowest BCUT2D eigenvalue weighted by Gasteiger charge is -2.43. The van der Waals surface area contributed by atoms with Crippen molar-refractivity contribution in [2.45, 2.75) is 45.4 Å². The Morgan fingerprint density at radius 2 is 2.00 bits per heavy atom. The lowest BCUT2D eigenvalue weighted by molar-refractivity contribution is -0.234. The highest BCUT2D eigenvalue weighted by atomic mass is 35.5. The van der Waals surface area contributed by atoms with Gasteiger partial charge in [-0.3, -0.25) is 9.63 Å². The molecule has 22 heavy (non-hydrogen) atoms. The predicted molar refractivity (Wildman–Crippen MR) is 77.1 cm³/mol. The number of esters is 1. The molecule has 0 unspecified atom stereocenters. The highest BCUT2D eigenvalue weighted by Crippen LogP contribution is 2.20. The van der Waals surface area contributed by atoms with Crippen molar-refractivity contribution < 1.29 is 28.7 Å². The molecule has 0 aromatic rings. The molecular weight excluding hydrogens is 316 g/mol. The maximum absolute atomic E-state index is 11.9. The van der Waals surface area contributed by atoms with E-state index in [1.807, 2.05) is 0 Å². The second-order valence-corrected chi connectivity index (χ2v) is 6.09. The van der Waals surface area contributed by atoms with Crippen LogP contribution < -0.4 is 5.32 Å². The zero-order valence-corrected chi connectivity index (χ0v) is 13.8. The molecule has 1 saturated heterocycles. The van der Waals surface area contributed by atoms with Gasteiger partial charge in [-0.1, -0.05) is 0 Å². The molecule has 1 aliphatic heterocycles. The number of carbonyl (C=O) groups excluding carboxylic acids is 3. The molecular formula is C13H21ClN2O6. The van der Waals surface area contributed by atoms with E-state index < -0.39 is 42.3 Å². The average Bonchev–Trinajstić information content (AvgIpc) is 2.40. The van der Waals surface area contributed by atoms with Gasteiger partial charge in [0.05, 0.1) is 11.9 Å². The first-order chi connectivity index (χ1) is 10.2. The van der Waals surface area contributed by atoms with E-state index in [2.05, 4.69) is 5.32 Å². The molecule has 0 saturated carbocycles. The summed E-state index contributed by atoms with van der Waals surface area (Å²) in [6, 6.07) is -1.16. The fourth-order valence-electron chi connectivity index (χ4n) is 1.71. The monoisotopic (exact) mass is 336 g/mol. The minimum atomic E-state index is -0.742. The first kappa shape index (κ1) is 18.5. The maximum Gasteiger partial charge on any atom is 0.408 e. The summed E-state index contributed by atoms with van der Waals surface area (Å²) in [5, 5.41) is 3.48. The second-order valence-electron chi connectivity index (χ2n) is 5.71. The molecule has 0 bridgehead atoms. The molecule has 1 N–H and O–H groups in total. The highest BCUT2D eigenvalue weighted by Gasteiger charge is 2.47. The molecule has 9 heteroatoms. The van der Waals surface area contributed by atoms with E-state index in [-0.39, 0.29) is 12.5 Å². The smallest absolute Gasteiger partial charge is 0.408 e. The number of hydrogen-bond donors (Lipinski definition) is 1. The van der Waals surface area contributed by atoms with E-state index in [1.54, 1.807) is 27.7 Å². The van der Waals surface area contributed by atoms with Crippen molar-refractivity contribution in [1.82, 2.24) is 10.4 Å². The van der Waals surface area contributed by atoms with Crippen molar-refractivity contribution in [3.63, 3.8) is 0 Å². The summed E-state index contributed by atoms with van der Waals surface area (Å²) in [6.45, 7) is 6.52. The van der Waals surface area contributed by atoms with Gasteiger partial charge in [0.2, 0.25) is 0 Å². The first-order valence-corrected chi connectivity index (χ1v) is 7.36. The molecule has 126 valence electrons. The number of rotatable bonds is 6. The molecule has 0 aromatic heterocycles. The third-order valence-electron chi connectivity index (χ3n) is 2.67. The van der Waals surface area contributed by atoms with Crippen LogP contribution in [0.2, 0.25) is 0 Å². The number of hydroxylamine groups is 2. The van der Waals surface area contributed by atoms with Crippen LogP contribution in [-0.4, -0.2) is 59.8 Å². The van der Waals surface area contributed by atoms with Crippen LogP contribution >= 0.6 is 11.6 Å². The van der Waals surface area contributed by atoms with Gasteiger partial charge < -0.3 is 14.8 Å². The summed E-state index contributed by atoms with van der Waals surface area (Å²) >= 11 is 5.37. The summed E-state index contributed by atoms with van der Waals surface area (Å²) < 4.78 is 9.77. The van der Waals surface area contributed by atoms with Gasteiger partial charge in [0, 0.05) is 0 Å². The van der Waals surface area contributed by atoms with Crippen LogP contribution in [0.4, 0.5) is 4.79 Å². The number of nitrogens with one attached hydrogen (secondary N) is 1. The van der Waals surface area contributed by atoms with Gasteiger partial charge in [-0.2, -0.15) is 0 Å². The van der Waals surface area contributed by atoms with Crippen molar-refractivity contribution in [1.29, 1.82) is 0 Å². The van der Waals surface area contributed by atoms with E-state index in [0.717, 1.165) is 5.06 Å². The zero-order valence-electron chi connectivity index (χ0n) is 13.1. The lowest BCUT2D eigenvalue weighted by Crippen LogP contribution is -2.69. The number of nitrogens with zero attached hydrogens (tertiary/aromatic N) is 1. The van der Waals surface area contributed by atoms with Gasteiger partial charge in [-0.05, 0) is 27.7 Å². The minimum absolute atomic E-state index is 0.0794. The number of hydrogen-bond acceptors (Lipinski definition) is 6. The Hall–Kier alpha value is -1.54. The largest absolute Gasteiger partial charge is 0.463 e. The molecule has 0 aliphatic carbocycles. The summed E-state index contributed by atoms with van der Waals surface area (Å²) in [5.41, 5.74) is -0.650. The van der Waals surface area contributed by atoms with Gasteiger partial charge >= 0.3 is 12.1 Å². The number of β-lactam (4-membered cyclic amide) rings is 1. The Morgan fingerprint density at radius 3 is 2.50 bits per heavy atom. The van der Waals surface area contributed by atoms with Crippen LogP contribution in [0, 0.1) is 0 Å². The van der Waals surface area contributed by atoms with Crippen LogP contribution in [-0.2, 0) is 23.9 Å². The first-order valence-electron chi connectivity index (χ1n) is 6.83. The summed E-state index contributed by atoms with van der Waals surface area (Å²) in [4.78, 5) is 39.8.